The van der Waals surface area contributed by atoms with Crippen LogP contribution in [-0.2, 0) is 23.4 Å². The highest BCUT2D eigenvalue weighted by atomic mass is 32.1. The zero-order valence-corrected chi connectivity index (χ0v) is 18.0. The lowest BCUT2D eigenvalue weighted by Crippen LogP contribution is -2.11. The highest BCUT2D eigenvalue weighted by Gasteiger charge is 2.18. The van der Waals surface area contributed by atoms with Crippen molar-refractivity contribution in [1.29, 1.82) is 0 Å². The summed E-state index contributed by atoms with van der Waals surface area (Å²) in [6.07, 6.45) is 0. The summed E-state index contributed by atoms with van der Waals surface area (Å²) in [5, 5.41) is 19.5. The number of rotatable bonds is 0. The zero-order chi connectivity index (χ0) is 20.7. The monoisotopic (exact) mass is 376 g/mol. The van der Waals surface area contributed by atoms with Crippen LogP contribution >= 0.6 is 0 Å². The van der Waals surface area contributed by atoms with Gasteiger partial charge in [0.15, 0.2) is 12.5 Å². The summed E-state index contributed by atoms with van der Waals surface area (Å²) in [6, 6.07) is 11.8. The van der Waals surface area contributed by atoms with Crippen molar-refractivity contribution in [3.63, 3.8) is 0 Å². The molecule has 0 aliphatic heterocycles. The summed E-state index contributed by atoms with van der Waals surface area (Å²) < 4.78 is 7.83. The molecule has 2 aromatic rings. The van der Waals surface area contributed by atoms with Crippen molar-refractivity contribution in [1.82, 2.24) is 0 Å². The quantitative estimate of drug-likeness (QED) is 0.623. The van der Waals surface area contributed by atoms with Gasteiger partial charge in [-0.05, 0) is 46.9 Å². The third kappa shape index (κ3) is 6.75. The van der Waals surface area contributed by atoms with E-state index < -0.39 is 0 Å². The molecule has 0 saturated heterocycles. The van der Waals surface area contributed by atoms with Crippen molar-refractivity contribution in [2.75, 3.05) is 0 Å². The largest absolute Gasteiger partial charge is 0.507 e. The fourth-order valence-electron chi connectivity index (χ4n) is 2.53. The summed E-state index contributed by atoms with van der Waals surface area (Å²) >= 11 is 2.83. The fourth-order valence-corrected chi connectivity index (χ4v) is 2.53. The van der Waals surface area contributed by atoms with Crippen LogP contribution in [0.4, 0.5) is 0 Å². The lowest BCUT2D eigenvalue weighted by Gasteiger charge is -2.21. The van der Waals surface area contributed by atoms with Gasteiger partial charge in [0, 0.05) is 0 Å². The van der Waals surface area contributed by atoms with E-state index in [9.17, 15) is 10.2 Å². The van der Waals surface area contributed by atoms with E-state index in [-0.39, 0.29) is 10.8 Å². The molecule has 0 heterocycles. The van der Waals surface area contributed by atoms with Gasteiger partial charge in [0.05, 0.1) is 0 Å². The summed E-state index contributed by atoms with van der Waals surface area (Å²) in [4.78, 5) is 0. The Hall–Kier alpha value is -1.94. The first-order chi connectivity index (χ1) is 11.9. The van der Waals surface area contributed by atoms with Crippen LogP contribution in [0.25, 0.3) is 0 Å². The van der Waals surface area contributed by atoms with Crippen LogP contribution in [0.3, 0.4) is 0 Å². The summed E-state index contributed by atoms with van der Waals surface area (Å²) in [5.41, 5.74) is 3.97. The smallest absolute Gasteiger partial charge is 0.197 e. The normalized spacial score (nSPS) is 10.9. The predicted molar refractivity (Wildman–Crippen MR) is 111 cm³/mol. The molecular weight excluding hydrogens is 344 g/mol. The molecule has 2 N–H and O–H groups in total. The van der Waals surface area contributed by atoms with Crippen LogP contribution in [0.15, 0.2) is 36.4 Å². The highest BCUT2D eigenvalue weighted by molar-refractivity contribution is 7.44. The molecule has 0 unspecified atom stereocenters. The average molecular weight is 377 g/mol. The van der Waals surface area contributed by atoms with Gasteiger partial charge in [-0.15, -0.1) is 0 Å². The van der Waals surface area contributed by atoms with Gasteiger partial charge in [-0.1, -0.05) is 77.9 Å². The Morgan fingerprint density at radius 2 is 0.923 bits per heavy atom. The Kier molecular flexibility index (Phi) is 8.95. The summed E-state index contributed by atoms with van der Waals surface area (Å²) in [5.74, 6) is 0.870. The highest BCUT2D eigenvalue weighted by Crippen LogP contribution is 2.33. The van der Waals surface area contributed by atoms with Crippen molar-refractivity contribution in [3.8, 4) is 11.5 Å². The van der Waals surface area contributed by atoms with E-state index in [1.54, 1.807) is 0 Å². The second kappa shape index (κ2) is 9.67. The molecule has 0 aliphatic carbocycles. The Balaban J connectivity index is 0.000000439. The van der Waals surface area contributed by atoms with E-state index in [0.717, 1.165) is 22.3 Å². The van der Waals surface area contributed by atoms with Gasteiger partial charge in [0.1, 0.15) is 11.5 Å². The van der Waals surface area contributed by atoms with Crippen LogP contribution in [-0.4, -0.2) is 14.4 Å². The molecule has 2 aromatic carbocycles. The number of hydrogen-bond donors (Lipinski definition) is 2. The number of aromatic hydroxyl groups is 2. The molecule has 0 saturated carbocycles. The Bertz CT molecular complexity index is 649. The number of hydrogen-bond acceptors (Lipinski definition) is 4. The molecule has 0 fully saturated rings. The maximum absolute atomic E-state index is 9.73. The fraction of sp³-hybridized carbons (Fsp3) is 0.455. The first kappa shape index (κ1) is 24.1. The van der Waals surface area contributed by atoms with E-state index >= 15 is 0 Å². The topological polar surface area (TPSA) is 57.5 Å². The van der Waals surface area contributed by atoms with Gasteiger partial charge in [-0.25, -0.2) is 0 Å². The SMILES string of the molecule is Cc1cccc(C(C)(C)C)c1O.Cc1cccc(C(C)(C)C)c1O.O=S. The van der Waals surface area contributed by atoms with E-state index in [1.165, 1.54) is 0 Å². The van der Waals surface area contributed by atoms with Crippen LogP contribution in [0.2, 0.25) is 0 Å². The van der Waals surface area contributed by atoms with Gasteiger partial charge in [0.2, 0.25) is 0 Å². The molecule has 0 aliphatic rings. The number of para-hydroxylation sites is 2. The van der Waals surface area contributed by atoms with Crippen LogP contribution in [0, 0.1) is 13.8 Å². The minimum Gasteiger partial charge on any atom is -0.507 e. The summed E-state index contributed by atoms with van der Waals surface area (Å²) in [7, 11) is 0. The van der Waals surface area contributed by atoms with Crippen molar-refractivity contribution >= 4 is 12.5 Å². The maximum Gasteiger partial charge on any atom is 0.197 e. The van der Waals surface area contributed by atoms with Gasteiger partial charge in [-0.3, -0.25) is 0 Å². The number of phenolic OH excluding ortho intramolecular Hbond substituents is 2. The molecule has 0 radical (unpaired) electrons. The summed E-state index contributed by atoms with van der Waals surface area (Å²) in [6.45, 7) is 16.4. The van der Waals surface area contributed by atoms with Crippen molar-refractivity contribution < 1.29 is 14.4 Å². The lowest BCUT2D eigenvalue weighted by molar-refractivity contribution is 0.442. The van der Waals surface area contributed by atoms with E-state index in [1.807, 2.05) is 50.2 Å². The number of aryl methyl sites for hydroxylation is 2. The van der Waals surface area contributed by atoms with Gasteiger partial charge in [0.25, 0.3) is 0 Å². The number of phenols is 2. The van der Waals surface area contributed by atoms with Crippen molar-refractivity contribution in [2.45, 2.75) is 66.2 Å². The van der Waals surface area contributed by atoms with Gasteiger partial charge in [-0.2, -0.15) is 4.21 Å². The van der Waals surface area contributed by atoms with Crippen molar-refractivity contribution in [2.24, 2.45) is 0 Å². The molecule has 4 heteroatoms. The van der Waals surface area contributed by atoms with E-state index in [0.29, 0.717) is 11.5 Å². The van der Waals surface area contributed by atoms with Crippen LogP contribution in [0.5, 0.6) is 11.5 Å². The third-order valence-electron chi connectivity index (χ3n) is 4.09. The molecule has 26 heavy (non-hydrogen) atoms. The standard InChI is InChI=1S/2C11H16O.OS/c2*1-8-6-5-7-9(10(8)12)11(2,3)4;1-2/h2*5-7,12H,1-4H3;. The molecule has 2 rings (SSSR count). The Labute approximate surface area is 163 Å². The second-order valence-electron chi connectivity index (χ2n) is 8.44. The van der Waals surface area contributed by atoms with Gasteiger partial charge < -0.3 is 10.2 Å². The maximum atomic E-state index is 9.73. The predicted octanol–water partition coefficient (Wildman–Crippen LogP) is 5.66. The van der Waals surface area contributed by atoms with E-state index in [2.05, 4.69) is 54.1 Å². The second-order valence-corrected chi connectivity index (χ2v) is 8.44. The molecule has 3 nitrogen and oxygen atoms in total. The molecule has 0 atom stereocenters. The molecule has 0 aromatic heterocycles. The van der Waals surface area contributed by atoms with E-state index in [4.69, 9.17) is 4.21 Å². The molecule has 144 valence electrons. The minimum absolute atomic E-state index is 0.0239. The molecule has 0 amide bonds. The lowest BCUT2D eigenvalue weighted by atomic mass is 9.85. The van der Waals surface area contributed by atoms with Crippen LogP contribution in [0.1, 0.15) is 63.8 Å². The average Bonchev–Trinajstić information content (AvgIpc) is 2.53. The Morgan fingerprint density at radius 3 is 1.12 bits per heavy atom. The van der Waals surface area contributed by atoms with Gasteiger partial charge >= 0.3 is 0 Å². The third-order valence-corrected chi connectivity index (χ3v) is 4.09. The molecule has 0 bridgehead atoms. The van der Waals surface area contributed by atoms with Crippen molar-refractivity contribution in [3.05, 3.63) is 58.7 Å². The Morgan fingerprint density at radius 1 is 0.654 bits per heavy atom. The first-order valence-electron chi connectivity index (χ1n) is 8.60. The number of benzene rings is 2. The first-order valence-corrected chi connectivity index (χ1v) is 8.94. The van der Waals surface area contributed by atoms with Crippen LogP contribution < -0.4 is 0 Å². The molecular formula is C22H32O3S. The zero-order valence-electron chi connectivity index (χ0n) is 17.2. The minimum atomic E-state index is 0.0239. The molecule has 0 spiro atoms.